The largest absolute Gasteiger partial charge is 0.366 e. The zero-order valence-electron chi connectivity index (χ0n) is 14.5. The first kappa shape index (κ1) is 18.9. The van der Waals surface area contributed by atoms with Crippen molar-refractivity contribution < 1.29 is 0 Å². The number of nitrogens with two attached hydrogens (primary N) is 2. The van der Waals surface area contributed by atoms with Crippen LogP contribution in [0, 0.1) is 0 Å². The Labute approximate surface area is 141 Å². The molecule has 4 aromatic rings. The molecular weight excluding hydrogens is 304 g/mol. The molecule has 0 bridgehead atoms. The topological polar surface area (TPSA) is 112 Å². The first-order chi connectivity index (χ1) is 11.7. The Hall–Kier alpha value is -3.16. The summed E-state index contributed by atoms with van der Waals surface area (Å²) in [6.45, 7) is 8.00. The van der Waals surface area contributed by atoms with Crippen molar-refractivity contribution in [2.75, 3.05) is 11.5 Å². The van der Waals surface area contributed by atoms with Crippen molar-refractivity contribution >= 4 is 23.2 Å². The first-order valence-electron chi connectivity index (χ1n) is 7.86. The second kappa shape index (κ2) is 9.78. The summed E-state index contributed by atoms with van der Waals surface area (Å²) in [5.41, 5.74) is 12.3. The number of aromatic nitrogens is 6. The quantitative estimate of drug-likeness (QED) is 0.513. The maximum Gasteiger partial charge on any atom is 0.240 e. The Morgan fingerprint density at radius 3 is 1.38 bits per heavy atom. The predicted molar refractivity (Wildman–Crippen MR) is 97.5 cm³/mol. The van der Waals surface area contributed by atoms with Gasteiger partial charge in [0.15, 0.2) is 11.3 Å². The van der Waals surface area contributed by atoms with Gasteiger partial charge in [0.1, 0.15) is 0 Å². The normalized spacial score (nSPS) is 9.17. The van der Waals surface area contributed by atoms with Crippen LogP contribution in [0.15, 0.2) is 48.8 Å². The van der Waals surface area contributed by atoms with Crippen LogP contribution >= 0.6 is 0 Å². The molecule has 4 heterocycles. The van der Waals surface area contributed by atoms with Crippen LogP contribution in [-0.4, -0.2) is 29.2 Å². The fourth-order valence-electron chi connectivity index (χ4n) is 1.70. The maximum absolute atomic E-state index is 5.35. The van der Waals surface area contributed by atoms with Gasteiger partial charge < -0.3 is 11.5 Å². The van der Waals surface area contributed by atoms with Gasteiger partial charge in [-0.1, -0.05) is 39.8 Å². The lowest BCUT2D eigenvalue weighted by Crippen LogP contribution is -1.87. The SMILES string of the molecule is CC.CC.Nc1nc2ccccn2n1.Nc1nc2ccccn2n1. The molecule has 0 unspecified atom stereocenters. The maximum atomic E-state index is 5.35. The summed E-state index contributed by atoms with van der Waals surface area (Å²) in [4.78, 5) is 7.89. The molecule has 0 fully saturated rings. The van der Waals surface area contributed by atoms with Gasteiger partial charge in [0.05, 0.1) is 0 Å². The lowest BCUT2D eigenvalue weighted by molar-refractivity contribution is 0.968. The molecule has 4 N–H and O–H groups in total. The van der Waals surface area contributed by atoms with E-state index in [4.69, 9.17) is 11.5 Å². The van der Waals surface area contributed by atoms with E-state index in [1.165, 1.54) is 0 Å². The molecule has 0 spiro atoms. The monoisotopic (exact) mass is 328 g/mol. The summed E-state index contributed by atoms with van der Waals surface area (Å²) < 4.78 is 3.27. The van der Waals surface area contributed by atoms with Gasteiger partial charge in [-0.2, -0.15) is 9.97 Å². The minimum Gasteiger partial charge on any atom is -0.366 e. The predicted octanol–water partition coefficient (Wildman–Crippen LogP) is 2.68. The van der Waals surface area contributed by atoms with E-state index in [0.29, 0.717) is 11.9 Å². The number of rotatable bonds is 0. The van der Waals surface area contributed by atoms with Gasteiger partial charge in [-0.15, -0.1) is 10.2 Å². The molecule has 0 saturated heterocycles. The molecule has 24 heavy (non-hydrogen) atoms. The van der Waals surface area contributed by atoms with Gasteiger partial charge in [0, 0.05) is 12.4 Å². The Kier molecular flexibility index (Phi) is 7.69. The van der Waals surface area contributed by atoms with Crippen molar-refractivity contribution in [3.8, 4) is 0 Å². The molecule has 4 aromatic heterocycles. The highest BCUT2D eigenvalue weighted by Gasteiger charge is 1.95. The van der Waals surface area contributed by atoms with Gasteiger partial charge in [-0.3, -0.25) is 0 Å². The van der Waals surface area contributed by atoms with Crippen LogP contribution in [0.3, 0.4) is 0 Å². The third kappa shape index (κ3) is 4.94. The van der Waals surface area contributed by atoms with Gasteiger partial charge >= 0.3 is 0 Å². The summed E-state index contributed by atoms with van der Waals surface area (Å²) in [5.74, 6) is 0.623. The van der Waals surface area contributed by atoms with Crippen LogP contribution < -0.4 is 11.5 Å². The number of hydrogen-bond donors (Lipinski definition) is 2. The highest BCUT2D eigenvalue weighted by Crippen LogP contribution is 2.00. The van der Waals surface area contributed by atoms with E-state index in [2.05, 4.69) is 20.2 Å². The molecule has 0 aliphatic carbocycles. The number of anilines is 2. The van der Waals surface area contributed by atoms with Crippen molar-refractivity contribution in [3.63, 3.8) is 0 Å². The number of nitrogen functional groups attached to an aromatic ring is 2. The van der Waals surface area contributed by atoms with Gasteiger partial charge in [0.2, 0.25) is 11.9 Å². The first-order valence-corrected chi connectivity index (χ1v) is 7.86. The minimum atomic E-state index is 0.311. The van der Waals surface area contributed by atoms with E-state index in [1.807, 2.05) is 64.1 Å². The highest BCUT2D eigenvalue weighted by molar-refractivity contribution is 5.41. The van der Waals surface area contributed by atoms with Crippen LogP contribution in [0.2, 0.25) is 0 Å². The Morgan fingerprint density at radius 1 is 0.667 bits per heavy atom. The van der Waals surface area contributed by atoms with Gasteiger partial charge in [-0.25, -0.2) is 9.03 Å². The van der Waals surface area contributed by atoms with Crippen molar-refractivity contribution in [2.45, 2.75) is 27.7 Å². The van der Waals surface area contributed by atoms with E-state index in [9.17, 15) is 0 Å². The summed E-state index contributed by atoms with van der Waals surface area (Å²) in [6.07, 6.45) is 3.61. The molecule has 0 aliphatic heterocycles. The van der Waals surface area contributed by atoms with E-state index in [0.717, 1.165) is 11.3 Å². The molecule has 8 nitrogen and oxygen atoms in total. The Bertz CT molecular complexity index is 711. The molecule has 0 aliphatic rings. The Morgan fingerprint density at radius 2 is 1.04 bits per heavy atom. The van der Waals surface area contributed by atoms with E-state index in [-0.39, 0.29) is 0 Å². The van der Waals surface area contributed by atoms with E-state index >= 15 is 0 Å². The molecule has 8 heteroatoms. The number of fused-ring (bicyclic) bond motifs is 2. The number of hydrogen-bond acceptors (Lipinski definition) is 6. The van der Waals surface area contributed by atoms with E-state index in [1.54, 1.807) is 21.4 Å². The molecule has 0 amide bonds. The summed E-state index contributed by atoms with van der Waals surface area (Å²) in [5, 5.41) is 7.79. The highest BCUT2D eigenvalue weighted by atomic mass is 15.3. The zero-order valence-corrected chi connectivity index (χ0v) is 14.5. The molecule has 128 valence electrons. The second-order valence-electron chi connectivity index (χ2n) is 3.95. The summed E-state index contributed by atoms with van der Waals surface area (Å²) in [7, 11) is 0. The molecular formula is C16H24N8. The molecule has 0 atom stereocenters. The number of nitrogens with zero attached hydrogens (tertiary/aromatic N) is 6. The van der Waals surface area contributed by atoms with Crippen LogP contribution in [-0.2, 0) is 0 Å². The summed E-state index contributed by atoms with van der Waals surface area (Å²) in [6, 6.07) is 11.2. The van der Waals surface area contributed by atoms with Crippen LogP contribution in [0.25, 0.3) is 11.3 Å². The fraction of sp³-hybridized carbons (Fsp3) is 0.250. The standard InChI is InChI=1S/2C6H6N4.2C2H6/c2*7-6-8-5-3-1-2-4-10(5)9-6;2*1-2/h2*1-4H,(H2,7,9);2*1-2H3. The van der Waals surface area contributed by atoms with E-state index < -0.39 is 0 Å². The lowest BCUT2D eigenvalue weighted by Gasteiger charge is -1.84. The van der Waals surface area contributed by atoms with Crippen LogP contribution in [0.5, 0.6) is 0 Å². The second-order valence-corrected chi connectivity index (χ2v) is 3.95. The molecule has 0 saturated carbocycles. The third-order valence-electron chi connectivity index (χ3n) is 2.52. The van der Waals surface area contributed by atoms with Crippen molar-refractivity contribution in [1.29, 1.82) is 0 Å². The average Bonchev–Trinajstić information content (AvgIpc) is 3.19. The number of pyridine rings is 2. The zero-order chi connectivity index (χ0) is 17.9. The summed E-state index contributed by atoms with van der Waals surface area (Å²) >= 11 is 0. The van der Waals surface area contributed by atoms with Crippen molar-refractivity contribution in [1.82, 2.24) is 29.2 Å². The van der Waals surface area contributed by atoms with Crippen molar-refractivity contribution in [2.24, 2.45) is 0 Å². The van der Waals surface area contributed by atoms with Crippen LogP contribution in [0.4, 0.5) is 11.9 Å². The van der Waals surface area contributed by atoms with Gasteiger partial charge in [0.25, 0.3) is 0 Å². The lowest BCUT2D eigenvalue weighted by atomic mass is 10.5. The van der Waals surface area contributed by atoms with Crippen molar-refractivity contribution in [3.05, 3.63) is 48.8 Å². The fourth-order valence-corrected chi connectivity index (χ4v) is 1.70. The minimum absolute atomic E-state index is 0.311. The van der Waals surface area contributed by atoms with Crippen LogP contribution in [0.1, 0.15) is 27.7 Å². The molecule has 4 rings (SSSR count). The average molecular weight is 328 g/mol. The molecule has 0 aromatic carbocycles. The Balaban J connectivity index is 0.000000199. The van der Waals surface area contributed by atoms with Gasteiger partial charge in [-0.05, 0) is 24.3 Å². The third-order valence-corrected chi connectivity index (χ3v) is 2.52. The smallest absolute Gasteiger partial charge is 0.240 e. The molecule has 0 radical (unpaired) electrons.